The summed E-state index contributed by atoms with van der Waals surface area (Å²) in [5.41, 5.74) is 4.30. The van der Waals surface area contributed by atoms with Crippen molar-refractivity contribution in [3.63, 3.8) is 0 Å². The molecule has 1 aromatic carbocycles. The molecule has 0 radical (unpaired) electrons. The molecule has 1 atom stereocenters. The van der Waals surface area contributed by atoms with Gasteiger partial charge in [0, 0.05) is 35.2 Å². The molecule has 0 saturated heterocycles. The molecule has 0 aliphatic heterocycles. The summed E-state index contributed by atoms with van der Waals surface area (Å²) >= 11 is 4.73. The zero-order valence-corrected chi connectivity index (χ0v) is 18.3. The van der Waals surface area contributed by atoms with E-state index in [2.05, 4.69) is 47.0 Å². The summed E-state index contributed by atoms with van der Waals surface area (Å²) < 4.78 is 2.91. The van der Waals surface area contributed by atoms with E-state index in [9.17, 15) is 4.79 Å². The van der Waals surface area contributed by atoms with Crippen molar-refractivity contribution in [2.75, 3.05) is 11.1 Å². The van der Waals surface area contributed by atoms with Crippen molar-refractivity contribution in [3.8, 4) is 0 Å². The molecule has 0 saturated carbocycles. The van der Waals surface area contributed by atoms with Gasteiger partial charge in [0.25, 0.3) is 5.91 Å². The van der Waals surface area contributed by atoms with Crippen LogP contribution in [-0.4, -0.2) is 37.6 Å². The molecule has 3 rings (SSSR count). The molecule has 150 valence electrons. The van der Waals surface area contributed by atoms with E-state index in [1.165, 1.54) is 11.8 Å². The number of amides is 1. The summed E-state index contributed by atoms with van der Waals surface area (Å²) in [6.45, 7) is 2.01. The fourth-order valence-electron chi connectivity index (χ4n) is 2.48. The van der Waals surface area contributed by atoms with Crippen molar-refractivity contribution in [2.24, 2.45) is 12.1 Å². The molecule has 2 heterocycles. The number of hydrazone groups is 1. The van der Waals surface area contributed by atoms with Crippen LogP contribution in [0.1, 0.15) is 24.4 Å². The molecular formula is C19H20BrN7OS. The highest BCUT2D eigenvalue weighted by molar-refractivity contribution is 9.10. The quantitative estimate of drug-likeness (QED) is 0.295. The second-order valence-corrected chi connectivity index (χ2v) is 8.00. The predicted octanol–water partition coefficient (Wildman–Crippen LogP) is 3.39. The van der Waals surface area contributed by atoms with Crippen LogP contribution in [0.2, 0.25) is 0 Å². The minimum Gasteiger partial charge on any atom is -0.375 e. The van der Waals surface area contributed by atoms with E-state index in [0.717, 1.165) is 21.5 Å². The number of pyridine rings is 1. The Kier molecular flexibility index (Phi) is 7.36. The lowest BCUT2D eigenvalue weighted by Gasteiger charge is -2.14. The first-order chi connectivity index (χ1) is 14.0. The number of thioether (sulfide) groups is 1. The second-order valence-electron chi connectivity index (χ2n) is 6.14. The van der Waals surface area contributed by atoms with Gasteiger partial charge in [-0.25, -0.2) is 5.43 Å². The van der Waals surface area contributed by atoms with Gasteiger partial charge in [-0.05, 0) is 37.3 Å². The second kappa shape index (κ2) is 10.2. The van der Waals surface area contributed by atoms with E-state index >= 15 is 0 Å². The zero-order valence-electron chi connectivity index (χ0n) is 15.9. The Morgan fingerprint density at radius 1 is 1.31 bits per heavy atom. The number of benzene rings is 1. The highest BCUT2D eigenvalue weighted by Crippen LogP contribution is 2.23. The molecule has 0 fully saturated rings. The molecule has 0 spiro atoms. The maximum Gasteiger partial charge on any atom is 0.250 e. The van der Waals surface area contributed by atoms with Crippen LogP contribution in [0.25, 0.3) is 0 Å². The third kappa shape index (κ3) is 6.13. The number of carbonyl (C=O) groups excluding carboxylic acids is 1. The summed E-state index contributed by atoms with van der Waals surface area (Å²) in [7, 11) is 1.88. The van der Waals surface area contributed by atoms with Crippen LogP contribution in [-0.2, 0) is 11.8 Å². The molecular weight excluding hydrogens is 454 g/mol. The van der Waals surface area contributed by atoms with Crippen LogP contribution in [0.4, 0.5) is 5.69 Å². The number of carbonyl (C=O) groups is 1. The minimum absolute atomic E-state index is 0.0408. The van der Waals surface area contributed by atoms with Crippen LogP contribution in [0.3, 0.4) is 0 Å². The van der Waals surface area contributed by atoms with Gasteiger partial charge in [0.1, 0.15) is 0 Å². The van der Waals surface area contributed by atoms with Gasteiger partial charge in [-0.3, -0.25) is 9.78 Å². The van der Waals surface area contributed by atoms with E-state index in [4.69, 9.17) is 0 Å². The number of halogens is 1. The Labute approximate surface area is 181 Å². The topological polar surface area (TPSA) is 97.1 Å². The van der Waals surface area contributed by atoms with Crippen molar-refractivity contribution in [3.05, 3.63) is 64.7 Å². The number of rotatable bonds is 8. The monoisotopic (exact) mass is 473 g/mol. The Morgan fingerprint density at radius 3 is 2.83 bits per heavy atom. The van der Waals surface area contributed by atoms with E-state index in [-0.39, 0.29) is 17.7 Å². The number of hydrogen-bond acceptors (Lipinski definition) is 7. The summed E-state index contributed by atoms with van der Waals surface area (Å²) in [4.78, 5) is 16.0. The number of nitrogens with one attached hydrogen (secondary N) is 2. The van der Waals surface area contributed by atoms with Crippen molar-refractivity contribution in [1.82, 2.24) is 25.2 Å². The molecule has 0 bridgehead atoms. The van der Waals surface area contributed by atoms with Crippen molar-refractivity contribution in [1.29, 1.82) is 0 Å². The Morgan fingerprint density at radius 2 is 2.10 bits per heavy atom. The number of nitrogens with zero attached hydrogens (tertiary/aromatic N) is 5. The number of anilines is 1. The standard InChI is InChI=1S/C19H20BrN7OS/c1-13(23-16-7-5-15(20)6-8-16)18-25-26-19(27(18)2)29-12-17(28)24-22-11-14-4-3-9-21-10-14/h3-11,13,23H,12H2,1-2H3,(H,24,28)/b22-11-/t13-/m1/s1. The fourth-order valence-corrected chi connectivity index (χ4v) is 3.46. The molecule has 2 N–H and O–H groups in total. The lowest BCUT2D eigenvalue weighted by Crippen LogP contribution is -2.20. The first kappa shape index (κ1) is 21.0. The van der Waals surface area contributed by atoms with E-state index in [1.807, 2.05) is 48.9 Å². The van der Waals surface area contributed by atoms with Gasteiger partial charge < -0.3 is 9.88 Å². The largest absolute Gasteiger partial charge is 0.375 e. The number of aromatic nitrogens is 4. The molecule has 0 unspecified atom stereocenters. The zero-order chi connectivity index (χ0) is 20.6. The lowest BCUT2D eigenvalue weighted by atomic mass is 10.2. The van der Waals surface area contributed by atoms with E-state index in [0.29, 0.717) is 5.16 Å². The van der Waals surface area contributed by atoms with E-state index < -0.39 is 0 Å². The summed E-state index contributed by atoms with van der Waals surface area (Å²) in [5, 5.41) is 16.4. The summed E-state index contributed by atoms with van der Waals surface area (Å²) in [5.74, 6) is 0.747. The highest BCUT2D eigenvalue weighted by atomic mass is 79.9. The SMILES string of the molecule is C[C@@H](Nc1ccc(Br)cc1)c1nnc(SCC(=O)N/N=C\c2cccnc2)n1C. The predicted molar refractivity (Wildman–Crippen MR) is 118 cm³/mol. The maximum absolute atomic E-state index is 12.0. The molecule has 0 aliphatic carbocycles. The minimum atomic E-state index is -0.222. The average molecular weight is 474 g/mol. The molecule has 2 aromatic heterocycles. The molecule has 3 aromatic rings. The fraction of sp³-hybridized carbons (Fsp3) is 0.211. The third-order valence-electron chi connectivity index (χ3n) is 3.90. The molecule has 29 heavy (non-hydrogen) atoms. The Bertz CT molecular complexity index is 976. The first-order valence-corrected chi connectivity index (χ1v) is 10.6. The lowest BCUT2D eigenvalue weighted by molar-refractivity contribution is -0.118. The van der Waals surface area contributed by atoms with Gasteiger partial charge in [0.15, 0.2) is 11.0 Å². The van der Waals surface area contributed by atoms with Gasteiger partial charge in [0.2, 0.25) is 0 Å². The van der Waals surface area contributed by atoms with Crippen molar-refractivity contribution in [2.45, 2.75) is 18.1 Å². The molecule has 0 aliphatic rings. The van der Waals surface area contributed by atoms with Crippen molar-refractivity contribution >= 4 is 45.5 Å². The van der Waals surface area contributed by atoms with Crippen LogP contribution >= 0.6 is 27.7 Å². The van der Waals surface area contributed by atoms with Crippen LogP contribution in [0, 0.1) is 0 Å². The average Bonchev–Trinajstić information content (AvgIpc) is 3.09. The maximum atomic E-state index is 12.0. The first-order valence-electron chi connectivity index (χ1n) is 8.79. The number of hydrogen-bond donors (Lipinski definition) is 2. The molecule has 10 heteroatoms. The Balaban J connectivity index is 1.51. The molecule has 1 amide bonds. The Hall–Kier alpha value is -2.72. The summed E-state index contributed by atoms with van der Waals surface area (Å²) in [6.07, 6.45) is 4.89. The van der Waals surface area contributed by atoms with Crippen LogP contribution in [0.15, 0.2) is 63.5 Å². The van der Waals surface area contributed by atoms with Gasteiger partial charge in [0.05, 0.1) is 18.0 Å². The van der Waals surface area contributed by atoms with Crippen LogP contribution < -0.4 is 10.7 Å². The van der Waals surface area contributed by atoms with Gasteiger partial charge in [-0.2, -0.15) is 5.10 Å². The normalized spacial score (nSPS) is 12.1. The van der Waals surface area contributed by atoms with Gasteiger partial charge in [-0.15, -0.1) is 10.2 Å². The summed E-state index contributed by atoms with van der Waals surface area (Å²) in [6, 6.07) is 11.5. The highest BCUT2D eigenvalue weighted by Gasteiger charge is 2.16. The molecule has 8 nitrogen and oxygen atoms in total. The van der Waals surface area contributed by atoms with Crippen LogP contribution in [0.5, 0.6) is 0 Å². The van der Waals surface area contributed by atoms with Gasteiger partial charge >= 0.3 is 0 Å². The van der Waals surface area contributed by atoms with Crippen molar-refractivity contribution < 1.29 is 4.79 Å². The smallest absolute Gasteiger partial charge is 0.250 e. The third-order valence-corrected chi connectivity index (χ3v) is 5.45. The van der Waals surface area contributed by atoms with E-state index in [1.54, 1.807) is 24.7 Å². The van der Waals surface area contributed by atoms with Gasteiger partial charge in [-0.1, -0.05) is 33.8 Å².